The zero-order valence-electron chi connectivity index (χ0n) is 9.09. The van der Waals surface area contributed by atoms with Crippen LogP contribution in [0.25, 0.3) is 22.3 Å². The lowest BCUT2D eigenvalue weighted by atomic mass is 10.1. The zero-order chi connectivity index (χ0) is 11.7. The summed E-state index contributed by atoms with van der Waals surface area (Å²) in [5, 5.41) is 8.00. The summed E-state index contributed by atoms with van der Waals surface area (Å²) in [6.45, 7) is 0.363. The number of aromatic nitrogens is 4. The molecular weight excluding hydrogens is 214 g/mol. The molecule has 0 aliphatic rings. The van der Waals surface area contributed by atoms with Gasteiger partial charge in [-0.3, -0.25) is 10.1 Å². The Morgan fingerprint density at radius 1 is 1.24 bits per heavy atom. The highest BCUT2D eigenvalue weighted by Crippen LogP contribution is 2.20. The molecule has 17 heavy (non-hydrogen) atoms. The number of benzene rings is 1. The predicted molar refractivity (Wildman–Crippen MR) is 65.0 cm³/mol. The Morgan fingerprint density at radius 3 is 3.00 bits per heavy atom. The van der Waals surface area contributed by atoms with Gasteiger partial charge in [0.15, 0.2) is 5.82 Å². The van der Waals surface area contributed by atoms with Crippen molar-refractivity contribution in [2.24, 2.45) is 5.73 Å². The van der Waals surface area contributed by atoms with E-state index in [1.807, 2.05) is 30.3 Å². The van der Waals surface area contributed by atoms with Crippen LogP contribution in [0.3, 0.4) is 0 Å². The maximum atomic E-state index is 5.49. The minimum atomic E-state index is 0.363. The van der Waals surface area contributed by atoms with Gasteiger partial charge >= 0.3 is 0 Å². The number of H-pyrrole nitrogens is 1. The van der Waals surface area contributed by atoms with E-state index in [0.29, 0.717) is 18.2 Å². The number of aromatic amines is 1. The van der Waals surface area contributed by atoms with Crippen LogP contribution in [0.5, 0.6) is 0 Å². The van der Waals surface area contributed by atoms with E-state index < -0.39 is 0 Å². The highest BCUT2D eigenvalue weighted by atomic mass is 15.2. The van der Waals surface area contributed by atoms with Crippen molar-refractivity contribution in [3.8, 4) is 11.4 Å². The second-order valence-corrected chi connectivity index (χ2v) is 3.72. The van der Waals surface area contributed by atoms with E-state index in [4.69, 9.17) is 5.73 Å². The molecule has 0 aliphatic carbocycles. The van der Waals surface area contributed by atoms with Gasteiger partial charge in [-0.2, -0.15) is 5.10 Å². The Bertz CT molecular complexity index is 659. The quantitative estimate of drug-likeness (QED) is 0.692. The number of nitrogens with two attached hydrogens (primary N) is 1. The number of rotatable bonds is 2. The maximum Gasteiger partial charge on any atom is 0.181 e. The van der Waals surface area contributed by atoms with Gasteiger partial charge in [0.25, 0.3) is 0 Å². The molecule has 0 saturated heterocycles. The summed E-state index contributed by atoms with van der Waals surface area (Å²) in [4.78, 5) is 8.56. The summed E-state index contributed by atoms with van der Waals surface area (Å²) < 4.78 is 0. The van der Waals surface area contributed by atoms with E-state index in [2.05, 4.69) is 20.2 Å². The molecule has 3 rings (SSSR count). The summed E-state index contributed by atoms with van der Waals surface area (Å²) in [5.74, 6) is 1.35. The van der Waals surface area contributed by atoms with E-state index >= 15 is 0 Å². The average molecular weight is 225 g/mol. The predicted octanol–water partition coefficient (Wildman–Crippen LogP) is 1.48. The number of pyridine rings is 1. The third-order valence-corrected chi connectivity index (χ3v) is 2.59. The molecule has 0 radical (unpaired) electrons. The van der Waals surface area contributed by atoms with Gasteiger partial charge in [0.2, 0.25) is 0 Å². The van der Waals surface area contributed by atoms with Crippen molar-refractivity contribution >= 4 is 10.9 Å². The molecule has 0 unspecified atom stereocenters. The Kier molecular flexibility index (Phi) is 2.31. The molecule has 0 aliphatic heterocycles. The molecule has 5 nitrogen and oxygen atoms in total. The minimum absolute atomic E-state index is 0.363. The molecule has 0 saturated carbocycles. The zero-order valence-corrected chi connectivity index (χ0v) is 9.09. The fourth-order valence-electron chi connectivity index (χ4n) is 1.73. The van der Waals surface area contributed by atoms with Crippen LogP contribution in [0.1, 0.15) is 5.82 Å². The van der Waals surface area contributed by atoms with Crippen LogP contribution in [0.4, 0.5) is 0 Å². The van der Waals surface area contributed by atoms with E-state index in [1.54, 1.807) is 6.20 Å². The van der Waals surface area contributed by atoms with Crippen LogP contribution in [0.2, 0.25) is 0 Å². The SMILES string of the molecule is NCc1nc(-c2ccc3ncccc3c2)n[nH]1. The van der Waals surface area contributed by atoms with Crippen molar-refractivity contribution < 1.29 is 0 Å². The molecule has 0 bridgehead atoms. The van der Waals surface area contributed by atoms with Gasteiger partial charge in [0, 0.05) is 17.1 Å². The fourth-order valence-corrected chi connectivity index (χ4v) is 1.73. The number of hydrogen-bond acceptors (Lipinski definition) is 4. The number of fused-ring (bicyclic) bond motifs is 1. The van der Waals surface area contributed by atoms with Gasteiger partial charge in [-0.15, -0.1) is 0 Å². The molecule has 84 valence electrons. The number of nitrogens with zero attached hydrogens (tertiary/aromatic N) is 3. The minimum Gasteiger partial charge on any atom is -0.324 e. The molecule has 0 spiro atoms. The Hall–Kier alpha value is -2.27. The molecule has 0 fully saturated rings. The van der Waals surface area contributed by atoms with Crippen molar-refractivity contribution in [2.75, 3.05) is 0 Å². The molecule has 0 amide bonds. The summed E-state index contributed by atoms with van der Waals surface area (Å²) in [5.41, 5.74) is 7.41. The summed E-state index contributed by atoms with van der Waals surface area (Å²) >= 11 is 0. The molecule has 2 heterocycles. The van der Waals surface area contributed by atoms with Gasteiger partial charge < -0.3 is 5.73 Å². The molecule has 5 heteroatoms. The maximum absolute atomic E-state index is 5.49. The van der Waals surface area contributed by atoms with Crippen molar-refractivity contribution in [1.82, 2.24) is 20.2 Å². The van der Waals surface area contributed by atoms with Crippen LogP contribution in [0.15, 0.2) is 36.5 Å². The summed E-state index contributed by atoms with van der Waals surface area (Å²) in [7, 11) is 0. The van der Waals surface area contributed by atoms with E-state index in [1.165, 1.54) is 0 Å². The third kappa shape index (κ3) is 1.76. The molecule has 1 aromatic carbocycles. The van der Waals surface area contributed by atoms with Crippen LogP contribution in [-0.4, -0.2) is 20.2 Å². The number of nitrogens with one attached hydrogen (secondary N) is 1. The fraction of sp³-hybridized carbons (Fsp3) is 0.0833. The topological polar surface area (TPSA) is 80.5 Å². The lowest BCUT2D eigenvalue weighted by Gasteiger charge is -1.98. The van der Waals surface area contributed by atoms with Crippen molar-refractivity contribution in [3.05, 3.63) is 42.4 Å². The molecule has 3 aromatic rings. The van der Waals surface area contributed by atoms with Crippen LogP contribution in [-0.2, 0) is 6.54 Å². The van der Waals surface area contributed by atoms with E-state index in [9.17, 15) is 0 Å². The van der Waals surface area contributed by atoms with Gasteiger partial charge in [0.05, 0.1) is 12.1 Å². The smallest absolute Gasteiger partial charge is 0.181 e. The standard InChI is InChI=1S/C12H11N5/c13-7-11-15-12(17-16-11)9-3-4-10-8(6-9)2-1-5-14-10/h1-6H,7,13H2,(H,15,16,17). The van der Waals surface area contributed by atoms with Crippen molar-refractivity contribution in [2.45, 2.75) is 6.54 Å². The third-order valence-electron chi connectivity index (χ3n) is 2.59. The normalized spacial score (nSPS) is 10.9. The highest BCUT2D eigenvalue weighted by Gasteiger charge is 2.05. The molecular formula is C12H11N5. The first-order valence-corrected chi connectivity index (χ1v) is 5.33. The van der Waals surface area contributed by atoms with Gasteiger partial charge in [-0.05, 0) is 24.3 Å². The summed E-state index contributed by atoms with van der Waals surface area (Å²) in [6, 6.07) is 9.87. The Balaban J connectivity index is 2.11. The first-order chi connectivity index (χ1) is 8.36. The second kappa shape index (κ2) is 3.95. The Morgan fingerprint density at radius 2 is 2.18 bits per heavy atom. The van der Waals surface area contributed by atoms with Gasteiger partial charge in [-0.1, -0.05) is 6.07 Å². The van der Waals surface area contributed by atoms with Crippen LogP contribution >= 0.6 is 0 Å². The Labute approximate surface area is 97.7 Å². The molecule has 0 atom stereocenters. The largest absolute Gasteiger partial charge is 0.324 e. The number of hydrogen-bond donors (Lipinski definition) is 2. The van der Waals surface area contributed by atoms with Crippen LogP contribution in [0, 0.1) is 0 Å². The van der Waals surface area contributed by atoms with Gasteiger partial charge in [0.1, 0.15) is 5.82 Å². The van der Waals surface area contributed by atoms with Crippen molar-refractivity contribution in [1.29, 1.82) is 0 Å². The van der Waals surface area contributed by atoms with E-state index in [-0.39, 0.29) is 0 Å². The lowest BCUT2D eigenvalue weighted by molar-refractivity contribution is 0.917. The monoisotopic (exact) mass is 225 g/mol. The first kappa shape index (κ1) is 9.92. The van der Waals surface area contributed by atoms with Crippen molar-refractivity contribution in [3.63, 3.8) is 0 Å². The first-order valence-electron chi connectivity index (χ1n) is 5.33. The molecule has 2 aromatic heterocycles. The second-order valence-electron chi connectivity index (χ2n) is 3.72. The molecule has 3 N–H and O–H groups in total. The average Bonchev–Trinajstić information content (AvgIpc) is 2.87. The van der Waals surface area contributed by atoms with E-state index in [0.717, 1.165) is 16.5 Å². The van der Waals surface area contributed by atoms with Crippen LogP contribution < -0.4 is 5.73 Å². The van der Waals surface area contributed by atoms with Gasteiger partial charge in [-0.25, -0.2) is 4.98 Å². The highest BCUT2D eigenvalue weighted by molar-refractivity contribution is 5.82. The summed E-state index contributed by atoms with van der Waals surface area (Å²) in [6.07, 6.45) is 1.78. The lowest BCUT2D eigenvalue weighted by Crippen LogP contribution is -1.97.